The molecule has 36 heavy (non-hydrogen) atoms. The maximum absolute atomic E-state index is 13.4. The fourth-order valence-corrected chi connectivity index (χ4v) is 4.42. The van der Waals surface area contributed by atoms with E-state index in [1.807, 2.05) is 0 Å². The van der Waals surface area contributed by atoms with Crippen molar-refractivity contribution in [1.29, 1.82) is 0 Å². The van der Waals surface area contributed by atoms with Crippen LogP contribution >= 0.6 is 0 Å². The lowest BCUT2D eigenvalue weighted by atomic mass is 10.0. The molecule has 0 aliphatic carbocycles. The molecule has 0 bridgehead atoms. The van der Waals surface area contributed by atoms with Gasteiger partial charge in [-0.2, -0.15) is 18.3 Å². The summed E-state index contributed by atoms with van der Waals surface area (Å²) in [6.45, 7) is 1.95. The molecule has 0 spiro atoms. The minimum absolute atomic E-state index is 0.00112. The molecular formula is C24H21F3N4O5. The van der Waals surface area contributed by atoms with Gasteiger partial charge in [0.25, 0.3) is 5.91 Å². The molecule has 0 saturated carbocycles. The molecule has 3 aromatic heterocycles. The van der Waals surface area contributed by atoms with E-state index in [2.05, 4.69) is 10.1 Å². The first-order valence-corrected chi connectivity index (χ1v) is 11.2. The van der Waals surface area contributed by atoms with E-state index in [1.165, 1.54) is 30.5 Å². The summed E-state index contributed by atoms with van der Waals surface area (Å²) in [7, 11) is 0. The van der Waals surface area contributed by atoms with Crippen molar-refractivity contribution in [1.82, 2.24) is 19.7 Å². The Balaban J connectivity index is 1.67. The van der Waals surface area contributed by atoms with Crippen LogP contribution in [0.1, 0.15) is 33.0 Å². The van der Waals surface area contributed by atoms with Crippen molar-refractivity contribution < 1.29 is 37.0 Å². The van der Waals surface area contributed by atoms with Crippen LogP contribution in [-0.2, 0) is 11.3 Å². The number of aromatic nitrogens is 3. The predicted octanol–water partition coefficient (Wildman–Crippen LogP) is 4.28. The monoisotopic (exact) mass is 502 g/mol. The smallest absolute Gasteiger partial charge is 0.408 e. The van der Waals surface area contributed by atoms with Gasteiger partial charge in [0.2, 0.25) is 0 Å². The van der Waals surface area contributed by atoms with E-state index in [0.29, 0.717) is 55.0 Å². The molecule has 4 aromatic rings. The van der Waals surface area contributed by atoms with E-state index in [9.17, 15) is 27.9 Å². The van der Waals surface area contributed by atoms with E-state index in [-0.39, 0.29) is 27.9 Å². The van der Waals surface area contributed by atoms with Crippen molar-refractivity contribution in [3.63, 3.8) is 0 Å². The number of aryl methyl sites for hydroxylation is 1. The normalized spacial score (nSPS) is 14.9. The summed E-state index contributed by atoms with van der Waals surface area (Å²) in [6.07, 6.45) is -2.60. The molecule has 0 radical (unpaired) electrons. The number of hydrogen-bond acceptors (Lipinski definition) is 6. The Hall–Kier alpha value is -3.93. The first-order chi connectivity index (χ1) is 17.1. The number of furan rings is 1. The van der Waals surface area contributed by atoms with E-state index in [0.717, 1.165) is 4.68 Å². The lowest BCUT2D eigenvalue weighted by Gasteiger charge is -2.19. The summed E-state index contributed by atoms with van der Waals surface area (Å²) >= 11 is 0. The summed E-state index contributed by atoms with van der Waals surface area (Å²) in [5.74, 6) is -1.20. The Kier molecular flexibility index (Phi) is 5.91. The molecule has 0 atom stereocenters. The lowest BCUT2D eigenvalue weighted by molar-refractivity contribution is -0.141. The molecule has 12 heteroatoms. The number of benzene rings is 1. The molecule has 1 aliphatic rings. The van der Waals surface area contributed by atoms with Crippen molar-refractivity contribution in [3.8, 4) is 11.3 Å². The summed E-state index contributed by atoms with van der Waals surface area (Å²) in [5.41, 5.74) is 0.966. The Labute approximate surface area is 202 Å². The summed E-state index contributed by atoms with van der Waals surface area (Å²) in [4.78, 5) is 30.4. The van der Waals surface area contributed by atoms with Crippen molar-refractivity contribution >= 4 is 33.7 Å². The van der Waals surface area contributed by atoms with Gasteiger partial charge in [-0.05, 0) is 37.6 Å². The highest BCUT2D eigenvalue weighted by atomic mass is 19.4. The largest absolute Gasteiger partial charge is 0.478 e. The van der Waals surface area contributed by atoms with E-state index in [1.54, 1.807) is 11.8 Å². The van der Waals surface area contributed by atoms with Gasteiger partial charge in [-0.15, -0.1) is 0 Å². The van der Waals surface area contributed by atoms with Crippen LogP contribution in [0.15, 0.2) is 34.9 Å². The molecule has 1 aliphatic heterocycles. The van der Waals surface area contributed by atoms with Crippen LogP contribution in [0.2, 0.25) is 0 Å². The second-order valence-electron chi connectivity index (χ2n) is 8.52. The highest BCUT2D eigenvalue weighted by Gasteiger charge is 2.31. The number of amides is 1. The lowest BCUT2D eigenvalue weighted by Crippen LogP contribution is -2.33. The molecule has 5 rings (SSSR count). The van der Waals surface area contributed by atoms with Crippen LogP contribution in [0.3, 0.4) is 0 Å². The molecule has 1 fully saturated rings. The zero-order valence-electron chi connectivity index (χ0n) is 19.1. The molecule has 1 aromatic carbocycles. The number of alkyl halides is 3. The number of carbonyl (C=O) groups excluding carboxylic acids is 1. The maximum atomic E-state index is 13.4. The Morgan fingerprint density at radius 1 is 1.14 bits per heavy atom. The number of hydrogen-bond donors (Lipinski definition) is 1. The van der Waals surface area contributed by atoms with Gasteiger partial charge >= 0.3 is 12.1 Å². The highest BCUT2D eigenvalue weighted by Crippen LogP contribution is 2.38. The second kappa shape index (κ2) is 8.94. The topological polar surface area (TPSA) is 111 Å². The minimum Gasteiger partial charge on any atom is -0.478 e. The van der Waals surface area contributed by atoms with Crippen molar-refractivity contribution in [2.75, 3.05) is 26.3 Å². The number of halogens is 3. The number of carbonyl (C=O) groups is 2. The number of aromatic carboxylic acids is 1. The summed E-state index contributed by atoms with van der Waals surface area (Å²) in [5, 5.41) is 14.3. The summed E-state index contributed by atoms with van der Waals surface area (Å²) < 4.78 is 52.2. The van der Waals surface area contributed by atoms with Crippen LogP contribution in [0, 0.1) is 6.92 Å². The zero-order valence-corrected chi connectivity index (χ0v) is 19.1. The minimum atomic E-state index is -4.57. The Bertz CT molecular complexity index is 1480. The predicted molar refractivity (Wildman–Crippen MR) is 122 cm³/mol. The second-order valence-corrected chi connectivity index (χ2v) is 8.52. The average molecular weight is 502 g/mol. The first-order valence-electron chi connectivity index (χ1n) is 11.2. The standard InChI is InChI=1S/C24H21F3N4O5/c1-13-20(15-9-14(23(33)34)3-4-19(15)36-13)21-16-11-28-17(22(32)30-5-2-7-35-8-6-30)10-18(16)31(29-21)12-24(25,26)27/h3-4,9-11H,2,5-8,12H2,1H3,(H,33,34). The van der Waals surface area contributed by atoms with E-state index >= 15 is 0 Å². The quantitative estimate of drug-likeness (QED) is 0.444. The fraction of sp³-hybridized carbons (Fsp3) is 0.333. The first kappa shape index (κ1) is 23.8. The molecule has 1 saturated heterocycles. The van der Waals surface area contributed by atoms with Crippen molar-refractivity contribution in [3.05, 3.63) is 47.5 Å². The third-order valence-electron chi connectivity index (χ3n) is 6.04. The summed E-state index contributed by atoms with van der Waals surface area (Å²) in [6, 6.07) is 5.58. The number of ether oxygens (including phenoxy) is 1. The van der Waals surface area contributed by atoms with Crippen molar-refractivity contribution in [2.24, 2.45) is 0 Å². The average Bonchev–Trinajstić information content (AvgIpc) is 3.17. The third kappa shape index (κ3) is 4.39. The number of rotatable bonds is 4. The van der Waals surface area contributed by atoms with Crippen LogP contribution in [0.5, 0.6) is 0 Å². The zero-order chi connectivity index (χ0) is 25.6. The molecule has 4 heterocycles. The third-order valence-corrected chi connectivity index (χ3v) is 6.04. The number of nitrogens with zero attached hydrogens (tertiary/aromatic N) is 4. The van der Waals surface area contributed by atoms with Crippen LogP contribution in [0.25, 0.3) is 33.1 Å². The van der Waals surface area contributed by atoms with Gasteiger partial charge in [0, 0.05) is 36.7 Å². The van der Waals surface area contributed by atoms with Gasteiger partial charge in [0.05, 0.1) is 23.3 Å². The van der Waals surface area contributed by atoms with Gasteiger partial charge in [-0.25, -0.2) is 4.79 Å². The number of pyridine rings is 1. The Morgan fingerprint density at radius 3 is 2.69 bits per heavy atom. The van der Waals surface area contributed by atoms with Crippen LogP contribution < -0.4 is 0 Å². The Morgan fingerprint density at radius 2 is 1.94 bits per heavy atom. The van der Waals surface area contributed by atoms with Gasteiger partial charge < -0.3 is 19.2 Å². The molecule has 188 valence electrons. The molecule has 1 N–H and O–H groups in total. The number of carboxylic acids is 1. The number of carboxylic acid groups (broad SMARTS) is 1. The maximum Gasteiger partial charge on any atom is 0.408 e. The molecule has 0 unspecified atom stereocenters. The van der Waals surface area contributed by atoms with Crippen LogP contribution in [0.4, 0.5) is 13.2 Å². The van der Waals surface area contributed by atoms with Gasteiger partial charge in [-0.1, -0.05) is 0 Å². The highest BCUT2D eigenvalue weighted by molar-refractivity contribution is 6.06. The van der Waals surface area contributed by atoms with Crippen molar-refractivity contribution in [2.45, 2.75) is 26.1 Å². The van der Waals surface area contributed by atoms with E-state index in [4.69, 9.17) is 9.15 Å². The SMILES string of the molecule is Cc1oc2ccc(C(=O)O)cc2c1-c1nn(CC(F)(F)F)c2cc(C(=O)N3CCCOCC3)ncc12. The van der Waals surface area contributed by atoms with Gasteiger partial charge in [0.15, 0.2) is 0 Å². The van der Waals surface area contributed by atoms with E-state index < -0.39 is 24.6 Å². The molecular weight excluding hydrogens is 481 g/mol. The number of fused-ring (bicyclic) bond motifs is 2. The molecule has 9 nitrogen and oxygen atoms in total. The van der Waals surface area contributed by atoms with Gasteiger partial charge in [0.1, 0.15) is 29.3 Å². The molecule has 1 amide bonds. The van der Waals surface area contributed by atoms with Crippen LogP contribution in [-0.4, -0.2) is 69.1 Å². The van der Waals surface area contributed by atoms with Gasteiger partial charge in [-0.3, -0.25) is 14.5 Å². The fourth-order valence-electron chi connectivity index (χ4n) is 4.42.